The maximum atomic E-state index is 13.6. The number of benzene rings is 2. The summed E-state index contributed by atoms with van der Waals surface area (Å²) in [5.74, 6) is -0.647. The molecule has 3 rings (SSSR count). The summed E-state index contributed by atoms with van der Waals surface area (Å²) in [6, 6.07) is 13.5. The number of rotatable bonds is 4. The minimum absolute atomic E-state index is 0.0180. The molecule has 2 aromatic carbocycles. The van der Waals surface area contributed by atoms with E-state index in [2.05, 4.69) is 0 Å². The fourth-order valence-electron chi connectivity index (χ4n) is 3.12. The first kappa shape index (κ1) is 18.9. The number of halogens is 1. The maximum Gasteiger partial charge on any atom is 0.260 e. The zero-order valence-electron chi connectivity index (χ0n) is 15.4. The van der Waals surface area contributed by atoms with Crippen LogP contribution in [0.3, 0.4) is 0 Å². The van der Waals surface area contributed by atoms with Gasteiger partial charge in [-0.3, -0.25) is 9.59 Å². The Hall–Kier alpha value is -2.89. The average Bonchev–Trinajstić information content (AvgIpc) is 2.93. The van der Waals surface area contributed by atoms with Gasteiger partial charge in [-0.1, -0.05) is 29.8 Å². The van der Waals surface area contributed by atoms with Gasteiger partial charge < -0.3 is 14.5 Å². The number of nitrogens with zero attached hydrogens (tertiary/aromatic N) is 2. The molecular formula is C21H23FN2O3. The Kier molecular flexibility index (Phi) is 6.06. The Morgan fingerprint density at radius 2 is 1.74 bits per heavy atom. The van der Waals surface area contributed by atoms with Crippen molar-refractivity contribution < 1.29 is 18.7 Å². The van der Waals surface area contributed by atoms with E-state index in [-0.39, 0.29) is 24.2 Å². The van der Waals surface area contributed by atoms with Gasteiger partial charge in [-0.15, -0.1) is 0 Å². The van der Waals surface area contributed by atoms with E-state index in [0.29, 0.717) is 38.2 Å². The van der Waals surface area contributed by atoms with E-state index in [1.54, 1.807) is 21.9 Å². The lowest BCUT2D eigenvalue weighted by Crippen LogP contribution is -2.39. The number of para-hydroxylation sites is 1. The molecule has 2 amide bonds. The second-order valence-electron chi connectivity index (χ2n) is 6.62. The van der Waals surface area contributed by atoms with E-state index in [9.17, 15) is 14.0 Å². The minimum Gasteiger partial charge on any atom is -0.481 e. The fraction of sp³-hybridized carbons (Fsp3) is 0.333. The molecule has 0 radical (unpaired) electrons. The largest absolute Gasteiger partial charge is 0.481 e. The van der Waals surface area contributed by atoms with Crippen molar-refractivity contribution in [3.63, 3.8) is 0 Å². The van der Waals surface area contributed by atoms with Crippen molar-refractivity contribution in [2.24, 2.45) is 0 Å². The number of hydrogen-bond acceptors (Lipinski definition) is 3. The Morgan fingerprint density at radius 3 is 2.52 bits per heavy atom. The van der Waals surface area contributed by atoms with Gasteiger partial charge in [0.15, 0.2) is 18.2 Å². The third-order valence-corrected chi connectivity index (χ3v) is 4.59. The second kappa shape index (κ2) is 8.66. The van der Waals surface area contributed by atoms with Gasteiger partial charge in [0.05, 0.1) is 0 Å². The summed E-state index contributed by atoms with van der Waals surface area (Å²) in [5.41, 5.74) is 1.70. The van der Waals surface area contributed by atoms with Crippen molar-refractivity contribution in [3.8, 4) is 5.75 Å². The van der Waals surface area contributed by atoms with E-state index >= 15 is 0 Å². The molecular weight excluding hydrogens is 347 g/mol. The van der Waals surface area contributed by atoms with Gasteiger partial charge in [0, 0.05) is 31.7 Å². The molecule has 1 fully saturated rings. The summed E-state index contributed by atoms with van der Waals surface area (Å²) in [6.07, 6.45) is 0.697. The number of aryl methyl sites for hydroxylation is 1. The van der Waals surface area contributed by atoms with E-state index < -0.39 is 5.82 Å². The normalized spacial score (nSPS) is 14.6. The summed E-state index contributed by atoms with van der Waals surface area (Å²) in [7, 11) is 0. The quantitative estimate of drug-likeness (QED) is 0.832. The van der Waals surface area contributed by atoms with Crippen LogP contribution in [0.15, 0.2) is 48.5 Å². The Balaban J connectivity index is 1.55. The van der Waals surface area contributed by atoms with E-state index in [1.165, 1.54) is 12.1 Å². The van der Waals surface area contributed by atoms with Crippen LogP contribution >= 0.6 is 0 Å². The molecule has 6 heteroatoms. The van der Waals surface area contributed by atoms with Crippen LogP contribution in [0.1, 0.15) is 22.3 Å². The number of carbonyl (C=O) groups excluding carboxylic acids is 2. The molecule has 1 heterocycles. The highest BCUT2D eigenvalue weighted by Crippen LogP contribution is 2.16. The first-order valence-corrected chi connectivity index (χ1v) is 9.05. The van der Waals surface area contributed by atoms with Gasteiger partial charge in [-0.25, -0.2) is 4.39 Å². The van der Waals surface area contributed by atoms with E-state index in [1.807, 2.05) is 31.2 Å². The summed E-state index contributed by atoms with van der Waals surface area (Å²) in [5, 5.41) is 0. The van der Waals surface area contributed by atoms with Crippen LogP contribution in [-0.4, -0.2) is 54.4 Å². The Bertz CT molecular complexity index is 825. The monoisotopic (exact) mass is 370 g/mol. The van der Waals surface area contributed by atoms with Crippen molar-refractivity contribution in [3.05, 3.63) is 65.5 Å². The highest BCUT2D eigenvalue weighted by atomic mass is 19.1. The fourth-order valence-corrected chi connectivity index (χ4v) is 3.12. The molecule has 27 heavy (non-hydrogen) atoms. The van der Waals surface area contributed by atoms with Crippen molar-refractivity contribution >= 4 is 11.8 Å². The summed E-state index contributed by atoms with van der Waals surface area (Å²) < 4.78 is 18.9. The number of hydrogen-bond donors (Lipinski definition) is 0. The standard InChI is InChI=1S/C21H23FN2O3/c1-16-6-4-7-17(14-16)21(26)24-11-5-10-23(12-13-24)20(25)15-27-19-9-3-2-8-18(19)22/h2-4,6-9,14H,5,10-13,15H2,1H3. The van der Waals surface area contributed by atoms with Crippen molar-refractivity contribution in [2.45, 2.75) is 13.3 Å². The molecule has 0 atom stereocenters. The molecule has 1 aliphatic rings. The van der Waals surface area contributed by atoms with E-state index in [4.69, 9.17) is 4.74 Å². The molecule has 1 aliphatic heterocycles. The van der Waals surface area contributed by atoms with Crippen LogP contribution in [0.5, 0.6) is 5.75 Å². The van der Waals surface area contributed by atoms with Crippen LogP contribution in [0.25, 0.3) is 0 Å². The third-order valence-electron chi connectivity index (χ3n) is 4.59. The van der Waals surface area contributed by atoms with Gasteiger partial charge in [0.1, 0.15) is 0 Å². The van der Waals surface area contributed by atoms with Crippen molar-refractivity contribution in [2.75, 3.05) is 32.8 Å². The minimum atomic E-state index is -0.490. The van der Waals surface area contributed by atoms with Crippen molar-refractivity contribution in [1.29, 1.82) is 0 Å². The molecule has 142 valence electrons. The van der Waals surface area contributed by atoms with Gasteiger partial charge >= 0.3 is 0 Å². The van der Waals surface area contributed by atoms with E-state index in [0.717, 1.165) is 5.56 Å². The van der Waals surface area contributed by atoms with Crippen LogP contribution in [-0.2, 0) is 4.79 Å². The molecule has 0 aromatic heterocycles. The molecule has 0 spiro atoms. The molecule has 5 nitrogen and oxygen atoms in total. The molecule has 0 aliphatic carbocycles. The van der Waals surface area contributed by atoms with Crippen molar-refractivity contribution in [1.82, 2.24) is 9.80 Å². The Morgan fingerprint density at radius 1 is 1.00 bits per heavy atom. The highest BCUT2D eigenvalue weighted by molar-refractivity contribution is 5.94. The average molecular weight is 370 g/mol. The molecule has 1 saturated heterocycles. The zero-order valence-corrected chi connectivity index (χ0v) is 15.4. The SMILES string of the molecule is Cc1cccc(C(=O)N2CCCN(C(=O)COc3ccccc3F)CC2)c1. The van der Waals surface area contributed by atoms with Gasteiger partial charge in [0.25, 0.3) is 11.8 Å². The number of carbonyl (C=O) groups is 2. The lowest BCUT2D eigenvalue weighted by atomic mass is 10.1. The highest BCUT2D eigenvalue weighted by Gasteiger charge is 2.23. The van der Waals surface area contributed by atoms with Crippen LogP contribution in [0.4, 0.5) is 4.39 Å². The summed E-state index contributed by atoms with van der Waals surface area (Å²) >= 11 is 0. The van der Waals surface area contributed by atoms with Crippen LogP contribution in [0.2, 0.25) is 0 Å². The molecule has 0 unspecified atom stereocenters. The number of ether oxygens (including phenoxy) is 1. The smallest absolute Gasteiger partial charge is 0.260 e. The number of amides is 2. The zero-order chi connectivity index (χ0) is 19.2. The topological polar surface area (TPSA) is 49.9 Å². The van der Waals surface area contributed by atoms with Gasteiger partial charge in [-0.05, 0) is 37.6 Å². The molecule has 0 N–H and O–H groups in total. The summed E-state index contributed by atoms with van der Waals surface area (Å²) in [6.45, 7) is 3.80. The first-order chi connectivity index (χ1) is 13.0. The van der Waals surface area contributed by atoms with Crippen LogP contribution in [0, 0.1) is 12.7 Å². The maximum absolute atomic E-state index is 13.6. The summed E-state index contributed by atoms with van der Waals surface area (Å²) in [4.78, 5) is 28.5. The Labute approximate surface area is 158 Å². The second-order valence-corrected chi connectivity index (χ2v) is 6.62. The molecule has 0 saturated carbocycles. The predicted molar refractivity (Wildman–Crippen MR) is 100 cm³/mol. The lowest BCUT2D eigenvalue weighted by Gasteiger charge is -2.22. The van der Waals surface area contributed by atoms with Crippen LogP contribution < -0.4 is 4.74 Å². The van der Waals surface area contributed by atoms with Gasteiger partial charge in [-0.2, -0.15) is 0 Å². The first-order valence-electron chi connectivity index (χ1n) is 9.05. The third kappa shape index (κ3) is 4.84. The molecule has 0 bridgehead atoms. The predicted octanol–water partition coefficient (Wildman–Crippen LogP) is 2.89. The van der Waals surface area contributed by atoms with Gasteiger partial charge in [0.2, 0.25) is 0 Å². The lowest BCUT2D eigenvalue weighted by molar-refractivity contribution is -0.133. The molecule has 2 aromatic rings.